The third-order valence-electron chi connectivity index (χ3n) is 7.94. The van der Waals surface area contributed by atoms with Gasteiger partial charge in [-0.15, -0.1) is 0 Å². The number of rotatable bonds is 10. The normalized spacial score (nSPS) is 15.7. The van der Waals surface area contributed by atoms with Crippen molar-refractivity contribution >= 4 is 11.7 Å². The second-order valence-electron chi connectivity index (χ2n) is 13.8. The number of aromatic nitrogens is 1. The number of carbonyl (C=O) groups excluding carboxylic acids is 1. The zero-order chi connectivity index (χ0) is 33.1. The Balaban J connectivity index is 1.80. The molecular weight excluding hydrogens is 578 g/mol. The van der Waals surface area contributed by atoms with Gasteiger partial charge in [0.05, 0.1) is 29.6 Å². The highest BCUT2D eigenvalue weighted by Gasteiger charge is 2.37. The summed E-state index contributed by atoms with van der Waals surface area (Å²) in [6, 6.07) is 10.5. The van der Waals surface area contributed by atoms with Gasteiger partial charge in [0.1, 0.15) is 5.82 Å². The monoisotopic (exact) mass is 624 g/mol. The maximum atomic E-state index is 15.6. The van der Waals surface area contributed by atoms with E-state index in [9.17, 15) is 14.0 Å². The Hall–Kier alpha value is -3.72. The first kappa shape index (κ1) is 34.2. The van der Waals surface area contributed by atoms with E-state index < -0.39 is 29.1 Å². The lowest BCUT2D eigenvalue weighted by molar-refractivity contribution is -0.171. The molecule has 7 nitrogen and oxygen atoms in total. The molecule has 3 aromatic rings. The first-order chi connectivity index (χ1) is 21.0. The van der Waals surface area contributed by atoms with Crippen molar-refractivity contribution in [3.8, 4) is 16.9 Å². The number of hydrogen-bond donors (Lipinski definition) is 1. The van der Waals surface area contributed by atoms with Gasteiger partial charge in [-0.2, -0.15) is 0 Å². The van der Waals surface area contributed by atoms with Gasteiger partial charge in [0.15, 0.2) is 17.7 Å². The maximum Gasteiger partial charge on any atom is 0.340 e. The summed E-state index contributed by atoms with van der Waals surface area (Å²) < 4.78 is 46.5. The van der Waals surface area contributed by atoms with Gasteiger partial charge < -0.3 is 24.1 Å². The van der Waals surface area contributed by atoms with E-state index in [1.165, 1.54) is 24.3 Å². The van der Waals surface area contributed by atoms with Crippen LogP contribution in [0.5, 0.6) is 5.75 Å². The highest BCUT2D eigenvalue weighted by molar-refractivity contribution is 5.87. The number of H-pyrrole nitrogens is 1. The minimum Gasteiger partial charge on any atom is -0.490 e. The summed E-state index contributed by atoms with van der Waals surface area (Å²) in [6.45, 7) is 16.8. The van der Waals surface area contributed by atoms with Crippen LogP contribution in [-0.2, 0) is 20.7 Å². The second-order valence-corrected chi connectivity index (χ2v) is 13.8. The molecule has 1 aliphatic heterocycles. The molecule has 2 aromatic carbocycles. The Labute approximate surface area is 264 Å². The third-order valence-corrected chi connectivity index (χ3v) is 7.94. The number of aryl methyl sites for hydroxylation is 1. The van der Waals surface area contributed by atoms with Crippen LogP contribution in [0.4, 0.5) is 14.5 Å². The molecule has 0 radical (unpaired) electrons. The highest BCUT2D eigenvalue weighted by atomic mass is 19.1. The number of pyridine rings is 1. The van der Waals surface area contributed by atoms with Gasteiger partial charge in [-0.1, -0.05) is 32.0 Å². The van der Waals surface area contributed by atoms with E-state index in [4.69, 9.17) is 14.2 Å². The number of hydrogen-bond acceptors (Lipinski definition) is 6. The molecule has 45 heavy (non-hydrogen) atoms. The minimum absolute atomic E-state index is 0.0420. The minimum atomic E-state index is -1.13. The number of halogens is 2. The number of nitrogens with one attached hydrogen (secondary N) is 1. The molecular formula is C36H46F2N2O5. The summed E-state index contributed by atoms with van der Waals surface area (Å²) in [5.41, 5.74) is 2.01. The second kappa shape index (κ2) is 13.7. The first-order valence-corrected chi connectivity index (χ1v) is 15.6. The average molecular weight is 625 g/mol. The quantitative estimate of drug-likeness (QED) is 0.233. The molecule has 1 saturated heterocycles. The van der Waals surface area contributed by atoms with Crippen LogP contribution in [-0.4, -0.2) is 42.4 Å². The van der Waals surface area contributed by atoms with Crippen molar-refractivity contribution in [2.24, 2.45) is 5.41 Å². The summed E-state index contributed by atoms with van der Waals surface area (Å²) >= 11 is 0. The Morgan fingerprint density at radius 3 is 2.27 bits per heavy atom. The molecule has 2 heterocycles. The fourth-order valence-electron chi connectivity index (χ4n) is 5.55. The molecule has 0 aliphatic carbocycles. The molecule has 4 rings (SSSR count). The predicted molar refractivity (Wildman–Crippen MR) is 173 cm³/mol. The molecule has 0 saturated carbocycles. The number of anilines is 1. The number of aromatic amines is 1. The van der Waals surface area contributed by atoms with Crippen molar-refractivity contribution in [2.75, 3.05) is 24.6 Å². The molecule has 244 valence electrons. The van der Waals surface area contributed by atoms with E-state index in [0.717, 1.165) is 18.4 Å². The largest absolute Gasteiger partial charge is 0.490 e. The van der Waals surface area contributed by atoms with Crippen molar-refractivity contribution in [1.29, 1.82) is 0 Å². The van der Waals surface area contributed by atoms with Crippen molar-refractivity contribution in [3.05, 3.63) is 81.3 Å². The van der Waals surface area contributed by atoms with Gasteiger partial charge in [0, 0.05) is 30.8 Å². The van der Waals surface area contributed by atoms with Crippen LogP contribution in [0.2, 0.25) is 0 Å². The van der Waals surface area contributed by atoms with Gasteiger partial charge >= 0.3 is 5.97 Å². The van der Waals surface area contributed by atoms with Crippen LogP contribution >= 0.6 is 0 Å². The van der Waals surface area contributed by atoms with Crippen molar-refractivity contribution < 1.29 is 27.8 Å². The zero-order valence-electron chi connectivity index (χ0n) is 27.7. The van der Waals surface area contributed by atoms with Crippen molar-refractivity contribution in [2.45, 2.75) is 92.5 Å². The smallest absolute Gasteiger partial charge is 0.340 e. The van der Waals surface area contributed by atoms with E-state index in [0.29, 0.717) is 42.0 Å². The van der Waals surface area contributed by atoms with Crippen molar-refractivity contribution in [1.82, 2.24) is 4.98 Å². The average Bonchev–Trinajstić information content (AvgIpc) is 2.93. The lowest BCUT2D eigenvalue weighted by Crippen LogP contribution is -2.40. The lowest BCUT2D eigenvalue weighted by atomic mass is 9.82. The van der Waals surface area contributed by atoms with Gasteiger partial charge in [-0.05, 0) is 95.2 Å². The summed E-state index contributed by atoms with van der Waals surface area (Å²) in [7, 11) is 0. The SMILES string of the molecule is Cc1[nH]c(=O)c(-c2ccc(OCCc3ccc(F)cc3)c(F)c2)c(N2CCC(C)(C)CC2)c1[C@H](OC(C)(C)C)C(=O)OC(C)C. The summed E-state index contributed by atoms with van der Waals surface area (Å²) in [4.78, 5) is 32.4. The van der Waals surface area contributed by atoms with Crippen LogP contribution in [0.25, 0.3) is 11.1 Å². The fourth-order valence-corrected chi connectivity index (χ4v) is 5.55. The Morgan fingerprint density at radius 1 is 1.04 bits per heavy atom. The molecule has 1 aliphatic rings. The van der Waals surface area contributed by atoms with E-state index in [1.54, 1.807) is 39.0 Å². The first-order valence-electron chi connectivity index (χ1n) is 15.6. The van der Waals surface area contributed by atoms with E-state index >= 15 is 4.39 Å². The topological polar surface area (TPSA) is 80.9 Å². The number of benzene rings is 2. The number of esters is 1. The molecule has 0 unspecified atom stereocenters. The highest BCUT2D eigenvalue weighted by Crippen LogP contribution is 2.43. The molecule has 1 N–H and O–H groups in total. The van der Waals surface area contributed by atoms with Gasteiger partial charge in [0.25, 0.3) is 5.56 Å². The van der Waals surface area contributed by atoms with Gasteiger partial charge in [0.2, 0.25) is 0 Å². The number of nitrogens with zero attached hydrogens (tertiary/aromatic N) is 1. The van der Waals surface area contributed by atoms with Gasteiger partial charge in [-0.3, -0.25) is 4.79 Å². The number of ether oxygens (including phenoxy) is 3. The molecule has 1 fully saturated rings. The van der Waals surface area contributed by atoms with Gasteiger partial charge in [-0.25, -0.2) is 13.6 Å². The Morgan fingerprint density at radius 2 is 1.69 bits per heavy atom. The molecule has 0 spiro atoms. The van der Waals surface area contributed by atoms with Crippen LogP contribution < -0.4 is 15.2 Å². The number of piperidine rings is 1. The Kier molecular flexibility index (Phi) is 10.4. The fraction of sp³-hybridized carbons (Fsp3) is 0.500. The Bertz CT molecular complexity index is 1550. The molecule has 1 atom stereocenters. The third kappa shape index (κ3) is 8.72. The maximum absolute atomic E-state index is 15.6. The summed E-state index contributed by atoms with van der Waals surface area (Å²) in [6.07, 6.45) is 0.698. The van der Waals surface area contributed by atoms with E-state index in [2.05, 4.69) is 23.7 Å². The standard InChI is InChI=1S/C36H46F2N2O5/c1-22(2)44-34(42)32(45-35(4,5)6)29-23(3)39-33(41)30(31(29)40-18-16-36(7,8)17-19-40)25-11-14-28(27(38)21-25)43-20-15-24-9-12-26(37)13-10-24/h9-14,21-22,32H,15-20H2,1-8H3,(H,39,41)/t32-/m0/s1. The van der Waals surface area contributed by atoms with E-state index in [1.807, 2.05) is 20.8 Å². The lowest BCUT2D eigenvalue weighted by Gasteiger charge is -2.41. The van der Waals surface area contributed by atoms with Crippen LogP contribution in [0, 0.1) is 24.0 Å². The molecule has 1 aromatic heterocycles. The van der Waals surface area contributed by atoms with E-state index in [-0.39, 0.29) is 35.3 Å². The van der Waals surface area contributed by atoms with Crippen LogP contribution in [0.15, 0.2) is 47.3 Å². The van der Waals surface area contributed by atoms with Crippen LogP contribution in [0.1, 0.15) is 84.2 Å². The molecule has 0 amide bonds. The molecule has 9 heteroatoms. The summed E-state index contributed by atoms with van der Waals surface area (Å²) in [5.74, 6) is -1.46. The zero-order valence-corrected chi connectivity index (χ0v) is 27.7. The van der Waals surface area contributed by atoms with Crippen molar-refractivity contribution in [3.63, 3.8) is 0 Å². The summed E-state index contributed by atoms with van der Waals surface area (Å²) in [5, 5.41) is 0. The predicted octanol–water partition coefficient (Wildman–Crippen LogP) is 7.68. The van der Waals surface area contributed by atoms with Crippen LogP contribution in [0.3, 0.4) is 0 Å². The molecule has 0 bridgehead atoms. The number of carbonyl (C=O) groups is 1.